The number of halogens is 1. The Labute approximate surface area is 209 Å². The minimum Gasteiger partial charge on any atom is -0.445 e. The van der Waals surface area contributed by atoms with Crippen LogP contribution >= 0.6 is 46.6 Å². The molecule has 0 atom stereocenters. The Morgan fingerprint density at radius 3 is 2.73 bits per heavy atom. The summed E-state index contributed by atoms with van der Waals surface area (Å²) in [5.74, 6) is 0. The first-order chi connectivity index (χ1) is 15.9. The third-order valence-corrected chi connectivity index (χ3v) is 9.01. The minimum absolute atomic E-state index is 0.0161. The molecule has 33 heavy (non-hydrogen) atoms. The van der Waals surface area contributed by atoms with Crippen LogP contribution in [0, 0.1) is 5.41 Å². The van der Waals surface area contributed by atoms with E-state index in [-0.39, 0.29) is 23.0 Å². The summed E-state index contributed by atoms with van der Waals surface area (Å²) < 4.78 is 8.92. The molecule has 3 aromatic rings. The summed E-state index contributed by atoms with van der Waals surface area (Å²) in [5.41, 5.74) is 2.09. The maximum absolute atomic E-state index is 12.6. The number of aromatic nitrogens is 1. The lowest BCUT2D eigenvalue weighted by atomic mass is 9.73. The number of H-pyrrole nitrogens is 1. The fraction of sp³-hybridized carbons (Fsp3) is 0.391. The van der Waals surface area contributed by atoms with Crippen molar-refractivity contribution in [1.29, 1.82) is 0 Å². The molecular formula is C23H24ClN3O3S3. The van der Waals surface area contributed by atoms with Crippen LogP contribution in [0.4, 0.5) is 4.79 Å². The molecule has 2 aromatic carbocycles. The molecule has 6 nitrogen and oxygen atoms in total. The van der Waals surface area contributed by atoms with Gasteiger partial charge in [0, 0.05) is 46.4 Å². The maximum atomic E-state index is 12.6. The summed E-state index contributed by atoms with van der Waals surface area (Å²) in [4.78, 5) is 31.0. The number of nitrogens with one attached hydrogen (secondary N) is 1. The fourth-order valence-electron chi connectivity index (χ4n) is 4.44. The highest BCUT2D eigenvalue weighted by atomic mass is 35.5. The molecule has 174 valence electrons. The fourth-order valence-corrected chi connectivity index (χ4v) is 7.40. The number of likely N-dealkylation sites (tertiary alicyclic amines) is 1. The van der Waals surface area contributed by atoms with Crippen molar-refractivity contribution in [1.82, 2.24) is 14.2 Å². The topological polar surface area (TPSA) is 65.6 Å². The molecule has 1 spiro atoms. The van der Waals surface area contributed by atoms with E-state index in [1.807, 2.05) is 35.4 Å². The molecule has 2 aliphatic rings. The summed E-state index contributed by atoms with van der Waals surface area (Å²) in [6.45, 7) is 3.72. The number of hydrogen-bond donors (Lipinski definition) is 1. The molecule has 2 fully saturated rings. The maximum Gasteiger partial charge on any atom is 0.410 e. The van der Waals surface area contributed by atoms with E-state index < -0.39 is 0 Å². The van der Waals surface area contributed by atoms with Crippen molar-refractivity contribution >= 4 is 63.0 Å². The van der Waals surface area contributed by atoms with Crippen LogP contribution in [0.5, 0.6) is 0 Å². The van der Waals surface area contributed by atoms with Gasteiger partial charge >= 0.3 is 11.0 Å². The molecule has 2 saturated heterocycles. The van der Waals surface area contributed by atoms with Gasteiger partial charge in [0.2, 0.25) is 0 Å². The second-order valence-corrected chi connectivity index (χ2v) is 12.1. The quantitative estimate of drug-likeness (QED) is 0.343. The molecule has 10 heteroatoms. The van der Waals surface area contributed by atoms with Gasteiger partial charge in [-0.15, -0.1) is 11.8 Å². The predicted molar refractivity (Wildman–Crippen MR) is 137 cm³/mol. The van der Waals surface area contributed by atoms with Gasteiger partial charge in [-0.1, -0.05) is 22.9 Å². The van der Waals surface area contributed by atoms with Crippen molar-refractivity contribution in [3.8, 4) is 0 Å². The number of carbonyl (C=O) groups excluding carboxylic acids is 1. The van der Waals surface area contributed by atoms with E-state index >= 15 is 0 Å². The summed E-state index contributed by atoms with van der Waals surface area (Å²) in [6.07, 6.45) is 3.73. The average Bonchev–Trinajstić information content (AvgIpc) is 3.15. The zero-order chi connectivity index (χ0) is 23.0. The van der Waals surface area contributed by atoms with Gasteiger partial charge in [-0.2, -0.15) is 0 Å². The number of ether oxygens (including phenoxy) is 1. The summed E-state index contributed by atoms with van der Waals surface area (Å²) in [7, 11) is 0. The number of fused-ring (bicyclic) bond motifs is 1. The highest BCUT2D eigenvalue weighted by molar-refractivity contribution is 7.98. The zero-order valence-electron chi connectivity index (χ0n) is 18.1. The first kappa shape index (κ1) is 23.1. The largest absolute Gasteiger partial charge is 0.445 e. The SMILES string of the molecule is CSc1cc(Cl)cc(COC(=O)N2CCC3(CC2)CN(Sc2ccc4[nH]c(=O)sc4c2)C3)c1. The summed E-state index contributed by atoms with van der Waals surface area (Å²) in [6, 6.07) is 11.9. The lowest BCUT2D eigenvalue weighted by Crippen LogP contribution is -2.58. The molecule has 2 aliphatic heterocycles. The molecular weight excluding hydrogens is 498 g/mol. The zero-order valence-corrected chi connectivity index (χ0v) is 21.3. The lowest BCUT2D eigenvalue weighted by Gasteiger charge is -2.53. The predicted octanol–water partition coefficient (Wildman–Crippen LogP) is 5.71. The number of nitrogens with zero attached hydrogens (tertiary/aromatic N) is 2. The number of rotatable bonds is 5. The second kappa shape index (κ2) is 9.54. The Morgan fingerprint density at radius 1 is 1.18 bits per heavy atom. The molecule has 1 aromatic heterocycles. The molecule has 5 rings (SSSR count). The standard InChI is InChI=1S/C23H24ClN3O3S3/c1-31-18-9-15(8-16(24)10-18)12-30-22(29)26-6-4-23(5-7-26)13-27(14-23)33-17-2-3-19-20(11-17)32-21(28)25-19/h2-3,8-11H,4-7,12-14H2,1H3,(H,25,28). The third kappa shape index (κ3) is 5.22. The smallest absolute Gasteiger partial charge is 0.410 e. The Morgan fingerprint density at radius 2 is 1.97 bits per heavy atom. The molecule has 1 N–H and O–H groups in total. The van der Waals surface area contributed by atoms with Crippen molar-refractivity contribution in [3.05, 3.63) is 56.7 Å². The number of benzene rings is 2. The van der Waals surface area contributed by atoms with Crippen LogP contribution < -0.4 is 4.87 Å². The molecule has 1 amide bonds. The Bertz CT molecular complexity index is 1230. The highest BCUT2D eigenvalue weighted by Crippen LogP contribution is 2.45. The van der Waals surface area contributed by atoms with Crippen molar-refractivity contribution in [2.45, 2.75) is 29.2 Å². The van der Waals surface area contributed by atoms with Crippen LogP contribution in [0.3, 0.4) is 0 Å². The van der Waals surface area contributed by atoms with E-state index in [2.05, 4.69) is 21.4 Å². The number of amides is 1. The number of thiazole rings is 1. The number of hydrogen-bond acceptors (Lipinski definition) is 7. The van der Waals surface area contributed by atoms with Crippen LogP contribution in [-0.2, 0) is 11.3 Å². The van der Waals surface area contributed by atoms with E-state index in [9.17, 15) is 9.59 Å². The van der Waals surface area contributed by atoms with Crippen LogP contribution in [0.15, 0.2) is 51.0 Å². The van der Waals surface area contributed by atoms with Gasteiger partial charge in [0.25, 0.3) is 0 Å². The summed E-state index contributed by atoms with van der Waals surface area (Å²) in [5, 5.41) is 0.656. The number of thioether (sulfide) groups is 1. The first-order valence-corrected chi connectivity index (χ1v) is 13.9. The molecule has 0 aliphatic carbocycles. The van der Waals surface area contributed by atoms with Gasteiger partial charge in [0.1, 0.15) is 6.61 Å². The van der Waals surface area contributed by atoms with E-state index in [0.29, 0.717) is 5.02 Å². The van der Waals surface area contributed by atoms with E-state index in [1.165, 1.54) is 11.3 Å². The Balaban J connectivity index is 1.09. The average molecular weight is 522 g/mol. The Kier molecular flexibility index (Phi) is 6.68. The first-order valence-electron chi connectivity index (χ1n) is 10.7. The van der Waals surface area contributed by atoms with Crippen molar-refractivity contribution in [2.24, 2.45) is 5.41 Å². The van der Waals surface area contributed by atoms with Crippen LogP contribution in [0.25, 0.3) is 10.2 Å². The van der Waals surface area contributed by atoms with Crippen LogP contribution in [0.1, 0.15) is 18.4 Å². The lowest BCUT2D eigenvalue weighted by molar-refractivity contribution is 0.00283. The monoisotopic (exact) mass is 521 g/mol. The molecule has 0 radical (unpaired) electrons. The van der Waals surface area contributed by atoms with Gasteiger partial charge < -0.3 is 14.6 Å². The van der Waals surface area contributed by atoms with Crippen LogP contribution in [0.2, 0.25) is 5.02 Å². The van der Waals surface area contributed by atoms with Crippen molar-refractivity contribution in [3.63, 3.8) is 0 Å². The number of piperidine rings is 1. The molecule has 0 bridgehead atoms. The highest BCUT2D eigenvalue weighted by Gasteiger charge is 2.46. The van der Waals surface area contributed by atoms with Gasteiger partial charge in [0.05, 0.1) is 10.2 Å². The third-order valence-electron chi connectivity index (χ3n) is 6.26. The molecule has 0 unspecified atom stereocenters. The van der Waals surface area contributed by atoms with E-state index in [1.54, 1.807) is 23.7 Å². The Hall–Kier alpha value is -1.65. The van der Waals surface area contributed by atoms with Gasteiger partial charge in [-0.3, -0.25) is 4.79 Å². The van der Waals surface area contributed by atoms with Crippen molar-refractivity contribution in [2.75, 3.05) is 32.4 Å². The van der Waals surface area contributed by atoms with Gasteiger partial charge in [-0.05, 0) is 73.0 Å². The van der Waals surface area contributed by atoms with Crippen LogP contribution in [-0.4, -0.2) is 52.7 Å². The second-order valence-electron chi connectivity index (χ2n) is 8.60. The number of carbonyl (C=O) groups is 1. The van der Waals surface area contributed by atoms with Gasteiger partial charge in [-0.25, -0.2) is 9.10 Å². The number of aromatic amines is 1. The van der Waals surface area contributed by atoms with E-state index in [0.717, 1.165) is 64.6 Å². The van der Waals surface area contributed by atoms with Crippen molar-refractivity contribution < 1.29 is 9.53 Å². The molecule has 0 saturated carbocycles. The summed E-state index contributed by atoms with van der Waals surface area (Å²) >= 11 is 10.8. The van der Waals surface area contributed by atoms with Gasteiger partial charge in [0.15, 0.2) is 0 Å². The van der Waals surface area contributed by atoms with E-state index in [4.69, 9.17) is 16.3 Å². The molecule has 3 heterocycles. The normalized spacial score (nSPS) is 17.9. The minimum atomic E-state index is -0.250.